The molecule has 0 saturated heterocycles. The van der Waals surface area contributed by atoms with Gasteiger partial charge in [0.1, 0.15) is 0 Å². The van der Waals surface area contributed by atoms with E-state index in [2.05, 4.69) is 19.2 Å². The van der Waals surface area contributed by atoms with Gasteiger partial charge < -0.3 is 11.1 Å². The topological polar surface area (TPSA) is 55.1 Å². The van der Waals surface area contributed by atoms with Crippen molar-refractivity contribution in [3.05, 3.63) is 24.3 Å². The minimum absolute atomic E-state index is 0.0406. The first-order valence-electron chi connectivity index (χ1n) is 5.77. The summed E-state index contributed by atoms with van der Waals surface area (Å²) in [5, 5.41) is 2.84. The lowest BCUT2D eigenvalue weighted by atomic mass is 10.0. The Bertz CT molecular complexity index is 350. The van der Waals surface area contributed by atoms with Gasteiger partial charge in [0, 0.05) is 6.42 Å². The number of amides is 1. The van der Waals surface area contributed by atoms with E-state index in [1.807, 2.05) is 18.2 Å². The summed E-state index contributed by atoms with van der Waals surface area (Å²) in [5.74, 6) is 0.466. The van der Waals surface area contributed by atoms with Crippen molar-refractivity contribution in [2.24, 2.45) is 5.92 Å². The van der Waals surface area contributed by atoms with Crippen LogP contribution in [0.15, 0.2) is 24.3 Å². The van der Waals surface area contributed by atoms with Gasteiger partial charge in [0.25, 0.3) is 0 Å². The highest BCUT2D eigenvalue weighted by Crippen LogP contribution is 2.18. The number of hydrogen-bond acceptors (Lipinski definition) is 2. The molecule has 88 valence electrons. The van der Waals surface area contributed by atoms with Crippen molar-refractivity contribution in [1.82, 2.24) is 0 Å². The molecule has 1 rings (SSSR count). The van der Waals surface area contributed by atoms with Crippen LogP contribution in [0, 0.1) is 5.92 Å². The lowest BCUT2D eigenvalue weighted by molar-refractivity contribution is -0.117. The highest BCUT2D eigenvalue weighted by Gasteiger charge is 2.09. The summed E-state index contributed by atoms with van der Waals surface area (Å²) in [4.78, 5) is 11.7. The summed E-state index contributed by atoms with van der Waals surface area (Å²) in [7, 11) is 0. The first-order valence-corrected chi connectivity index (χ1v) is 5.77. The fourth-order valence-electron chi connectivity index (χ4n) is 1.72. The molecule has 1 unspecified atom stereocenters. The number of rotatable bonds is 5. The molecule has 1 atom stereocenters. The molecule has 0 aromatic heterocycles. The van der Waals surface area contributed by atoms with E-state index in [0.717, 1.165) is 12.8 Å². The maximum absolute atomic E-state index is 11.7. The number of nitrogens with two attached hydrogens (primary N) is 1. The molecule has 0 spiro atoms. The van der Waals surface area contributed by atoms with E-state index in [9.17, 15) is 4.79 Å². The predicted octanol–water partition coefficient (Wildman–Crippen LogP) is 3.03. The summed E-state index contributed by atoms with van der Waals surface area (Å²) in [6, 6.07) is 7.31. The summed E-state index contributed by atoms with van der Waals surface area (Å²) < 4.78 is 0. The van der Waals surface area contributed by atoms with Crippen LogP contribution in [0.5, 0.6) is 0 Å². The number of benzene rings is 1. The van der Waals surface area contributed by atoms with Crippen LogP contribution in [0.25, 0.3) is 0 Å². The molecule has 0 bridgehead atoms. The van der Waals surface area contributed by atoms with Gasteiger partial charge in [0.15, 0.2) is 0 Å². The van der Waals surface area contributed by atoms with Gasteiger partial charge in [-0.2, -0.15) is 0 Å². The average Bonchev–Trinajstić information content (AvgIpc) is 2.21. The molecule has 0 aliphatic rings. The third-order valence-corrected chi connectivity index (χ3v) is 2.55. The van der Waals surface area contributed by atoms with Crippen LogP contribution in [0.2, 0.25) is 0 Å². The Kier molecular flexibility index (Phi) is 4.83. The number of carbonyl (C=O) groups excluding carboxylic acids is 1. The van der Waals surface area contributed by atoms with Crippen molar-refractivity contribution in [1.29, 1.82) is 0 Å². The molecule has 0 saturated carbocycles. The van der Waals surface area contributed by atoms with Crippen molar-refractivity contribution in [3.8, 4) is 0 Å². The van der Waals surface area contributed by atoms with E-state index >= 15 is 0 Å². The maximum atomic E-state index is 11.7. The van der Waals surface area contributed by atoms with Crippen LogP contribution in [-0.2, 0) is 4.79 Å². The second kappa shape index (κ2) is 6.16. The molecule has 3 N–H and O–H groups in total. The van der Waals surface area contributed by atoms with E-state index in [-0.39, 0.29) is 5.91 Å². The molecule has 0 aliphatic heterocycles. The van der Waals surface area contributed by atoms with Crippen molar-refractivity contribution < 1.29 is 4.79 Å². The second-order valence-electron chi connectivity index (χ2n) is 4.23. The molecule has 0 heterocycles. The minimum Gasteiger partial charge on any atom is -0.397 e. The molecule has 0 fully saturated rings. The molecule has 0 aliphatic carbocycles. The van der Waals surface area contributed by atoms with Gasteiger partial charge in [-0.3, -0.25) is 4.79 Å². The Morgan fingerprint density at radius 1 is 1.44 bits per heavy atom. The summed E-state index contributed by atoms with van der Waals surface area (Å²) >= 11 is 0. The third-order valence-electron chi connectivity index (χ3n) is 2.55. The number of carbonyl (C=O) groups is 1. The van der Waals surface area contributed by atoms with E-state index in [1.54, 1.807) is 6.07 Å². The van der Waals surface area contributed by atoms with Crippen molar-refractivity contribution in [2.75, 3.05) is 11.1 Å². The monoisotopic (exact) mass is 220 g/mol. The quantitative estimate of drug-likeness (QED) is 0.749. The van der Waals surface area contributed by atoms with Crippen molar-refractivity contribution >= 4 is 17.3 Å². The summed E-state index contributed by atoms with van der Waals surface area (Å²) in [5.41, 5.74) is 7.06. The van der Waals surface area contributed by atoms with Crippen LogP contribution >= 0.6 is 0 Å². The first-order chi connectivity index (χ1) is 7.63. The molecule has 3 heteroatoms. The fourth-order valence-corrected chi connectivity index (χ4v) is 1.72. The zero-order valence-corrected chi connectivity index (χ0v) is 9.99. The molecule has 16 heavy (non-hydrogen) atoms. The molecular formula is C13H20N2O. The predicted molar refractivity (Wildman–Crippen MR) is 68.2 cm³/mol. The highest BCUT2D eigenvalue weighted by molar-refractivity contribution is 5.93. The minimum atomic E-state index is 0.0406. The third kappa shape index (κ3) is 3.93. The fraction of sp³-hybridized carbons (Fsp3) is 0.462. The van der Waals surface area contributed by atoms with E-state index in [1.165, 1.54) is 0 Å². The van der Waals surface area contributed by atoms with Crippen LogP contribution in [0.4, 0.5) is 11.4 Å². The Hall–Kier alpha value is -1.51. The number of para-hydroxylation sites is 2. The lowest BCUT2D eigenvalue weighted by Gasteiger charge is -2.11. The van der Waals surface area contributed by atoms with Crippen LogP contribution < -0.4 is 11.1 Å². The Balaban J connectivity index is 2.49. The van der Waals surface area contributed by atoms with E-state index < -0.39 is 0 Å². The Morgan fingerprint density at radius 2 is 2.12 bits per heavy atom. The molecule has 1 amide bonds. The lowest BCUT2D eigenvalue weighted by Crippen LogP contribution is -2.15. The van der Waals surface area contributed by atoms with Crippen molar-refractivity contribution in [3.63, 3.8) is 0 Å². The number of nitrogens with one attached hydrogen (secondary N) is 1. The van der Waals surface area contributed by atoms with E-state index in [0.29, 0.717) is 23.7 Å². The molecule has 3 nitrogen and oxygen atoms in total. The van der Waals surface area contributed by atoms with Gasteiger partial charge in [-0.15, -0.1) is 0 Å². The van der Waals surface area contributed by atoms with Crippen molar-refractivity contribution in [2.45, 2.75) is 33.1 Å². The largest absolute Gasteiger partial charge is 0.397 e. The van der Waals surface area contributed by atoms with Gasteiger partial charge in [-0.05, 0) is 18.1 Å². The number of hydrogen-bond donors (Lipinski definition) is 2. The zero-order chi connectivity index (χ0) is 12.0. The van der Waals surface area contributed by atoms with Gasteiger partial charge in [0.05, 0.1) is 11.4 Å². The molecule has 0 radical (unpaired) electrons. The molecule has 1 aromatic rings. The molecule has 1 aromatic carbocycles. The standard InChI is InChI=1S/C13H20N2O/c1-3-6-10(2)9-13(16)15-12-8-5-4-7-11(12)14/h4-5,7-8,10H,3,6,9,14H2,1-2H3,(H,15,16). The van der Waals surface area contributed by atoms with E-state index in [4.69, 9.17) is 5.73 Å². The van der Waals surface area contributed by atoms with Crippen LogP contribution in [0.3, 0.4) is 0 Å². The maximum Gasteiger partial charge on any atom is 0.224 e. The normalized spacial score (nSPS) is 12.1. The zero-order valence-electron chi connectivity index (χ0n) is 9.99. The smallest absolute Gasteiger partial charge is 0.224 e. The SMILES string of the molecule is CCCC(C)CC(=O)Nc1ccccc1N. The van der Waals surface area contributed by atoms with Gasteiger partial charge in [-0.25, -0.2) is 0 Å². The highest BCUT2D eigenvalue weighted by atomic mass is 16.1. The first kappa shape index (κ1) is 12.6. The van der Waals surface area contributed by atoms with Crippen LogP contribution in [-0.4, -0.2) is 5.91 Å². The Labute approximate surface area is 97.0 Å². The van der Waals surface area contributed by atoms with Crippen LogP contribution in [0.1, 0.15) is 33.1 Å². The number of anilines is 2. The van der Waals surface area contributed by atoms with Gasteiger partial charge in [-0.1, -0.05) is 38.8 Å². The summed E-state index contributed by atoms with van der Waals surface area (Å²) in [6.45, 7) is 4.22. The number of nitrogen functional groups attached to an aromatic ring is 1. The Morgan fingerprint density at radius 3 is 2.75 bits per heavy atom. The second-order valence-corrected chi connectivity index (χ2v) is 4.23. The molecular weight excluding hydrogens is 200 g/mol. The van der Waals surface area contributed by atoms with Gasteiger partial charge >= 0.3 is 0 Å². The summed E-state index contributed by atoms with van der Waals surface area (Å²) in [6.07, 6.45) is 2.75. The average molecular weight is 220 g/mol. The van der Waals surface area contributed by atoms with Gasteiger partial charge in [0.2, 0.25) is 5.91 Å².